The summed E-state index contributed by atoms with van der Waals surface area (Å²) in [6.45, 7) is 4.69. The molecule has 0 saturated heterocycles. The van der Waals surface area contributed by atoms with E-state index in [9.17, 15) is 10.1 Å². The maximum absolute atomic E-state index is 12.9. The number of hydrogen-bond donors (Lipinski definition) is 1. The van der Waals surface area contributed by atoms with Crippen molar-refractivity contribution in [2.24, 2.45) is 0 Å². The first-order valence-electron chi connectivity index (χ1n) is 12.3. The van der Waals surface area contributed by atoms with Crippen molar-refractivity contribution in [3.05, 3.63) is 127 Å². The summed E-state index contributed by atoms with van der Waals surface area (Å²) in [6.07, 6.45) is 1.46. The number of anilines is 1. The molecule has 202 valence electrons. The highest BCUT2D eigenvalue weighted by Crippen LogP contribution is 2.27. The summed E-state index contributed by atoms with van der Waals surface area (Å²) in [5, 5.41) is 14.0. The average molecular weight is 592 g/mol. The SMILES string of the molecule is Cc1ccc(COc2ccc(Cl)cc2/C=C(\C#N)C(=O)Nc2ccc(OCc3ccc(Cl)cc3Cl)cc2)cc1C. The van der Waals surface area contributed by atoms with Gasteiger partial charge in [0, 0.05) is 31.9 Å². The van der Waals surface area contributed by atoms with Crippen molar-refractivity contribution < 1.29 is 14.3 Å². The molecule has 4 aromatic carbocycles. The minimum atomic E-state index is -0.566. The van der Waals surface area contributed by atoms with Gasteiger partial charge in [0.15, 0.2) is 0 Å². The first-order chi connectivity index (χ1) is 19.2. The molecule has 0 radical (unpaired) electrons. The van der Waals surface area contributed by atoms with Crippen LogP contribution >= 0.6 is 34.8 Å². The summed E-state index contributed by atoms with van der Waals surface area (Å²) < 4.78 is 11.8. The zero-order valence-corrected chi connectivity index (χ0v) is 24.1. The molecular weight excluding hydrogens is 567 g/mol. The molecule has 0 aromatic heterocycles. The average Bonchev–Trinajstić information content (AvgIpc) is 2.93. The van der Waals surface area contributed by atoms with Gasteiger partial charge in [-0.15, -0.1) is 0 Å². The largest absolute Gasteiger partial charge is 0.489 e. The summed E-state index contributed by atoms with van der Waals surface area (Å²) in [6, 6.07) is 25.2. The van der Waals surface area contributed by atoms with E-state index in [0.29, 0.717) is 44.4 Å². The lowest BCUT2D eigenvalue weighted by Crippen LogP contribution is -2.13. The van der Waals surface area contributed by atoms with Gasteiger partial charge in [-0.2, -0.15) is 5.26 Å². The molecule has 5 nitrogen and oxygen atoms in total. The molecule has 0 bridgehead atoms. The second kappa shape index (κ2) is 13.4. The van der Waals surface area contributed by atoms with Gasteiger partial charge in [-0.3, -0.25) is 4.79 Å². The lowest BCUT2D eigenvalue weighted by molar-refractivity contribution is -0.112. The zero-order chi connectivity index (χ0) is 28.6. The first kappa shape index (κ1) is 29.0. The number of ether oxygens (including phenoxy) is 2. The lowest BCUT2D eigenvalue weighted by atomic mass is 10.1. The maximum atomic E-state index is 12.9. The topological polar surface area (TPSA) is 71.3 Å². The van der Waals surface area contributed by atoms with E-state index in [-0.39, 0.29) is 12.2 Å². The van der Waals surface area contributed by atoms with Crippen LogP contribution in [0.4, 0.5) is 5.69 Å². The Morgan fingerprint density at radius 1 is 0.850 bits per heavy atom. The number of nitrogens with zero attached hydrogens (tertiary/aromatic N) is 1. The number of aryl methyl sites for hydroxylation is 2. The van der Waals surface area contributed by atoms with Crippen molar-refractivity contribution in [2.45, 2.75) is 27.1 Å². The highest BCUT2D eigenvalue weighted by molar-refractivity contribution is 6.35. The Labute approximate surface area is 248 Å². The van der Waals surface area contributed by atoms with Crippen molar-refractivity contribution in [3.63, 3.8) is 0 Å². The van der Waals surface area contributed by atoms with Crippen LogP contribution in [0.5, 0.6) is 11.5 Å². The Bertz CT molecular complexity index is 1610. The predicted molar refractivity (Wildman–Crippen MR) is 161 cm³/mol. The Morgan fingerprint density at radius 2 is 1.57 bits per heavy atom. The number of amides is 1. The monoisotopic (exact) mass is 590 g/mol. The van der Waals surface area contributed by atoms with Crippen LogP contribution in [0.15, 0.2) is 84.4 Å². The summed E-state index contributed by atoms with van der Waals surface area (Å²) in [7, 11) is 0. The molecular formula is C32H25Cl3N2O3. The summed E-state index contributed by atoms with van der Waals surface area (Å²) in [4.78, 5) is 12.9. The predicted octanol–water partition coefficient (Wildman–Crippen LogP) is 8.97. The van der Waals surface area contributed by atoms with Gasteiger partial charge in [0.25, 0.3) is 5.91 Å². The number of carbonyl (C=O) groups is 1. The molecule has 0 saturated carbocycles. The van der Waals surface area contributed by atoms with Gasteiger partial charge in [0.1, 0.15) is 36.4 Å². The molecule has 0 unspecified atom stereocenters. The van der Waals surface area contributed by atoms with E-state index in [2.05, 4.69) is 18.3 Å². The number of rotatable bonds is 9. The minimum absolute atomic E-state index is 0.101. The summed E-state index contributed by atoms with van der Waals surface area (Å²) >= 11 is 18.3. The zero-order valence-electron chi connectivity index (χ0n) is 21.8. The van der Waals surface area contributed by atoms with Crippen molar-refractivity contribution in [3.8, 4) is 17.6 Å². The fourth-order valence-corrected chi connectivity index (χ4v) is 4.40. The molecule has 0 atom stereocenters. The molecule has 8 heteroatoms. The lowest BCUT2D eigenvalue weighted by Gasteiger charge is -2.12. The maximum Gasteiger partial charge on any atom is 0.266 e. The molecule has 0 spiro atoms. The third-order valence-electron chi connectivity index (χ3n) is 6.12. The smallest absolute Gasteiger partial charge is 0.266 e. The molecule has 0 fully saturated rings. The van der Waals surface area contributed by atoms with Gasteiger partial charge >= 0.3 is 0 Å². The molecule has 0 aliphatic heterocycles. The van der Waals surface area contributed by atoms with E-state index in [4.69, 9.17) is 44.3 Å². The number of hydrogen-bond acceptors (Lipinski definition) is 4. The molecule has 0 heterocycles. The highest BCUT2D eigenvalue weighted by atomic mass is 35.5. The van der Waals surface area contributed by atoms with Crippen molar-refractivity contribution >= 4 is 52.5 Å². The minimum Gasteiger partial charge on any atom is -0.489 e. The third-order valence-corrected chi connectivity index (χ3v) is 6.95. The van der Waals surface area contributed by atoms with Crippen LogP contribution in [0.2, 0.25) is 15.1 Å². The number of benzene rings is 4. The Kier molecular flexibility index (Phi) is 9.74. The van der Waals surface area contributed by atoms with Crippen LogP contribution in [0.1, 0.15) is 27.8 Å². The van der Waals surface area contributed by atoms with E-state index >= 15 is 0 Å². The van der Waals surface area contributed by atoms with Crippen molar-refractivity contribution in [2.75, 3.05) is 5.32 Å². The number of nitrogens with one attached hydrogen (secondary N) is 1. The fraction of sp³-hybridized carbons (Fsp3) is 0.125. The summed E-state index contributed by atoms with van der Waals surface area (Å²) in [5.74, 6) is 0.527. The fourth-order valence-electron chi connectivity index (χ4n) is 3.75. The molecule has 1 N–H and O–H groups in total. The van der Waals surface area contributed by atoms with Crippen LogP contribution < -0.4 is 14.8 Å². The quantitative estimate of drug-likeness (QED) is 0.156. The number of halogens is 3. The molecule has 4 aromatic rings. The van der Waals surface area contributed by atoms with Gasteiger partial charge in [-0.1, -0.05) is 59.1 Å². The Hall–Kier alpha value is -3.95. The van der Waals surface area contributed by atoms with Crippen LogP contribution in [0.3, 0.4) is 0 Å². The molecule has 4 rings (SSSR count). The van der Waals surface area contributed by atoms with Crippen LogP contribution in [-0.2, 0) is 18.0 Å². The second-order valence-electron chi connectivity index (χ2n) is 9.06. The van der Waals surface area contributed by atoms with E-state index in [1.165, 1.54) is 17.2 Å². The summed E-state index contributed by atoms with van der Waals surface area (Å²) in [5.41, 5.74) is 5.10. The molecule has 1 amide bonds. The molecule has 0 aliphatic carbocycles. The van der Waals surface area contributed by atoms with Gasteiger partial charge < -0.3 is 14.8 Å². The van der Waals surface area contributed by atoms with Gasteiger partial charge in [0.05, 0.1) is 0 Å². The number of carbonyl (C=O) groups excluding carboxylic acids is 1. The highest BCUT2D eigenvalue weighted by Gasteiger charge is 2.13. The number of nitriles is 1. The van der Waals surface area contributed by atoms with Gasteiger partial charge in [-0.05, 0) is 91.2 Å². The van der Waals surface area contributed by atoms with Crippen LogP contribution in [0, 0.1) is 25.2 Å². The Morgan fingerprint density at radius 3 is 2.27 bits per heavy atom. The Balaban J connectivity index is 1.43. The molecule has 40 heavy (non-hydrogen) atoms. The van der Waals surface area contributed by atoms with Crippen molar-refractivity contribution in [1.82, 2.24) is 0 Å². The second-order valence-corrected chi connectivity index (χ2v) is 10.3. The van der Waals surface area contributed by atoms with E-state index < -0.39 is 5.91 Å². The van der Waals surface area contributed by atoms with E-state index in [1.54, 1.807) is 60.7 Å². The van der Waals surface area contributed by atoms with Crippen LogP contribution in [0.25, 0.3) is 6.08 Å². The van der Waals surface area contributed by atoms with Crippen LogP contribution in [-0.4, -0.2) is 5.91 Å². The van der Waals surface area contributed by atoms with E-state index in [0.717, 1.165) is 11.1 Å². The van der Waals surface area contributed by atoms with Gasteiger partial charge in [-0.25, -0.2) is 0 Å². The normalized spacial score (nSPS) is 11.1. The molecule has 0 aliphatic rings. The third kappa shape index (κ3) is 7.80. The van der Waals surface area contributed by atoms with Crippen molar-refractivity contribution in [1.29, 1.82) is 5.26 Å². The first-order valence-corrected chi connectivity index (χ1v) is 13.4. The standard InChI is InChI=1S/C32H25Cl3N2O3/c1-20-3-4-22(13-21(20)2)18-40-31-12-7-26(33)15-24(31)14-25(17-36)32(38)37-28-8-10-29(11-9-28)39-19-23-5-6-27(34)16-30(23)35/h3-16H,18-19H2,1-2H3,(H,37,38)/b25-14+. The van der Waals surface area contributed by atoms with Gasteiger partial charge in [0.2, 0.25) is 0 Å². The van der Waals surface area contributed by atoms with E-state index in [1.807, 2.05) is 25.1 Å².